The van der Waals surface area contributed by atoms with Gasteiger partial charge in [-0.05, 0) is 13.3 Å². The van der Waals surface area contributed by atoms with Crippen molar-refractivity contribution in [1.82, 2.24) is 0 Å². The third-order valence-electron chi connectivity index (χ3n) is 2.55. The van der Waals surface area contributed by atoms with Crippen LogP contribution in [-0.4, -0.2) is 12.2 Å². The summed E-state index contributed by atoms with van der Waals surface area (Å²) in [4.78, 5) is 11.2. The van der Waals surface area contributed by atoms with Crippen molar-refractivity contribution < 1.29 is 14.3 Å². The van der Waals surface area contributed by atoms with Crippen LogP contribution >= 0.6 is 0 Å². The fraction of sp³-hybridized carbons (Fsp3) is 0.583. The summed E-state index contributed by atoms with van der Waals surface area (Å²) >= 11 is 0. The van der Waals surface area contributed by atoms with Crippen LogP contribution in [0.15, 0.2) is 15.3 Å². The van der Waals surface area contributed by atoms with Gasteiger partial charge >= 0.3 is 5.63 Å². The fourth-order valence-corrected chi connectivity index (χ4v) is 1.61. The Morgan fingerprint density at radius 2 is 2.25 bits per heavy atom. The molecule has 1 aromatic heterocycles. The molecule has 0 aliphatic heterocycles. The molecule has 0 aromatic carbocycles. The number of rotatable bonds is 5. The molecule has 0 unspecified atom stereocenters. The summed E-state index contributed by atoms with van der Waals surface area (Å²) in [5.74, 6) is 0.777. The average Bonchev–Trinajstić information content (AvgIpc) is 2.28. The average molecular weight is 226 g/mol. The Kier molecular flexibility index (Phi) is 4.55. The standard InChI is InChI=1S/C12H18O4/c1-4-5-6-9(13)12-8(2)10(15-3)7-11(14)16-12/h7,9,13H,4-6H2,1-3H3/t9-/m1/s1. The van der Waals surface area contributed by atoms with Gasteiger partial charge in [0.05, 0.1) is 13.2 Å². The van der Waals surface area contributed by atoms with Crippen LogP contribution in [0.25, 0.3) is 0 Å². The lowest BCUT2D eigenvalue weighted by atomic mass is 10.1. The Hall–Kier alpha value is -1.29. The predicted octanol–water partition coefficient (Wildman–Crippen LogP) is 2.18. The van der Waals surface area contributed by atoms with Crippen molar-refractivity contribution in [2.45, 2.75) is 39.2 Å². The molecule has 1 atom stereocenters. The minimum Gasteiger partial charge on any atom is -0.496 e. The van der Waals surface area contributed by atoms with Crippen LogP contribution in [0.2, 0.25) is 0 Å². The molecule has 4 nitrogen and oxygen atoms in total. The van der Waals surface area contributed by atoms with Crippen molar-refractivity contribution in [2.75, 3.05) is 7.11 Å². The summed E-state index contributed by atoms with van der Waals surface area (Å²) in [6, 6.07) is 1.28. The van der Waals surface area contributed by atoms with Crippen molar-refractivity contribution in [2.24, 2.45) is 0 Å². The summed E-state index contributed by atoms with van der Waals surface area (Å²) in [6.45, 7) is 3.81. The largest absolute Gasteiger partial charge is 0.496 e. The van der Waals surface area contributed by atoms with E-state index in [-0.39, 0.29) is 0 Å². The molecular formula is C12H18O4. The van der Waals surface area contributed by atoms with E-state index in [1.54, 1.807) is 6.92 Å². The van der Waals surface area contributed by atoms with E-state index in [0.29, 0.717) is 23.5 Å². The molecular weight excluding hydrogens is 208 g/mol. The highest BCUT2D eigenvalue weighted by molar-refractivity contribution is 5.33. The molecule has 0 aliphatic carbocycles. The normalized spacial score (nSPS) is 12.5. The molecule has 0 radical (unpaired) electrons. The third-order valence-corrected chi connectivity index (χ3v) is 2.55. The van der Waals surface area contributed by atoms with Gasteiger partial charge < -0.3 is 14.3 Å². The predicted molar refractivity (Wildman–Crippen MR) is 60.8 cm³/mol. The quantitative estimate of drug-likeness (QED) is 0.836. The van der Waals surface area contributed by atoms with E-state index in [1.165, 1.54) is 13.2 Å². The number of hydrogen-bond donors (Lipinski definition) is 1. The Morgan fingerprint density at radius 3 is 2.81 bits per heavy atom. The zero-order valence-electron chi connectivity index (χ0n) is 9.95. The van der Waals surface area contributed by atoms with Crippen LogP contribution in [0.3, 0.4) is 0 Å². The molecule has 1 rings (SSSR count). The van der Waals surface area contributed by atoms with Crippen LogP contribution < -0.4 is 10.4 Å². The molecule has 90 valence electrons. The molecule has 0 amide bonds. The molecule has 1 aromatic rings. The molecule has 4 heteroatoms. The summed E-state index contributed by atoms with van der Waals surface area (Å²) < 4.78 is 10.1. The van der Waals surface area contributed by atoms with Crippen LogP contribution in [0.5, 0.6) is 5.75 Å². The molecule has 0 fully saturated rings. The van der Waals surface area contributed by atoms with E-state index in [2.05, 4.69) is 0 Å². The Morgan fingerprint density at radius 1 is 1.56 bits per heavy atom. The van der Waals surface area contributed by atoms with Gasteiger partial charge in [-0.15, -0.1) is 0 Å². The van der Waals surface area contributed by atoms with E-state index >= 15 is 0 Å². The minimum absolute atomic E-state index is 0.317. The fourth-order valence-electron chi connectivity index (χ4n) is 1.61. The van der Waals surface area contributed by atoms with Crippen LogP contribution in [0.4, 0.5) is 0 Å². The van der Waals surface area contributed by atoms with Crippen molar-refractivity contribution in [3.8, 4) is 5.75 Å². The van der Waals surface area contributed by atoms with Gasteiger partial charge in [0.2, 0.25) is 0 Å². The molecule has 0 aliphatic rings. The maximum Gasteiger partial charge on any atom is 0.339 e. The van der Waals surface area contributed by atoms with Crippen molar-refractivity contribution >= 4 is 0 Å². The second-order valence-electron chi connectivity index (χ2n) is 3.78. The highest BCUT2D eigenvalue weighted by Crippen LogP contribution is 2.26. The second kappa shape index (κ2) is 5.70. The first-order chi connectivity index (χ1) is 7.60. The van der Waals surface area contributed by atoms with Gasteiger partial charge in [-0.3, -0.25) is 0 Å². The number of aliphatic hydroxyl groups is 1. The number of hydrogen-bond acceptors (Lipinski definition) is 4. The maximum atomic E-state index is 11.2. The molecule has 16 heavy (non-hydrogen) atoms. The van der Waals surface area contributed by atoms with Crippen LogP contribution in [0, 0.1) is 6.92 Å². The summed E-state index contributed by atoms with van der Waals surface area (Å²) in [5.41, 5.74) is 0.193. The van der Waals surface area contributed by atoms with Crippen LogP contribution in [-0.2, 0) is 0 Å². The van der Waals surface area contributed by atoms with E-state index in [0.717, 1.165) is 12.8 Å². The molecule has 1 heterocycles. The van der Waals surface area contributed by atoms with E-state index in [4.69, 9.17) is 9.15 Å². The van der Waals surface area contributed by atoms with Gasteiger partial charge in [0, 0.05) is 5.56 Å². The third kappa shape index (κ3) is 2.85. The van der Waals surface area contributed by atoms with Crippen LogP contribution in [0.1, 0.15) is 43.6 Å². The van der Waals surface area contributed by atoms with Gasteiger partial charge in [-0.1, -0.05) is 19.8 Å². The van der Waals surface area contributed by atoms with Crippen molar-refractivity contribution in [3.63, 3.8) is 0 Å². The molecule has 0 saturated heterocycles. The van der Waals surface area contributed by atoms with Gasteiger partial charge in [-0.25, -0.2) is 4.79 Å². The highest BCUT2D eigenvalue weighted by atomic mass is 16.5. The number of methoxy groups -OCH3 is 1. The Balaban J connectivity index is 3.02. The molecule has 0 saturated carbocycles. The lowest BCUT2D eigenvalue weighted by molar-refractivity contribution is 0.131. The Labute approximate surface area is 94.9 Å². The van der Waals surface area contributed by atoms with E-state index < -0.39 is 11.7 Å². The van der Waals surface area contributed by atoms with Gasteiger partial charge in [0.1, 0.15) is 17.6 Å². The van der Waals surface area contributed by atoms with Gasteiger partial charge in [0.25, 0.3) is 0 Å². The number of ether oxygens (including phenoxy) is 1. The monoisotopic (exact) mass is 226 g/mol. The zero-order valence-corrected chi connectivity index (χ0v) is 9.95. The molecule has 0 spiro atoms. The molecule has 0 bridgehead atoms. The first kappa shape index (κ1) is 12.8. The van der Waals surface area contributed by atoms with Crippen molar-refractivity contribution in [1.29, 1.82) is 0 Å². The lowest BCUT2D eigenvalue weighted by Gasteiger charge is -2.13. The number of aliphatic hydroxyl groups excluding tert-OH is 1. The van der Waals surface area contributed by atoms with Crippen molar-refractivity contribution in [3.05, 3.63) is 27.8 Å². The second-order valence-corrected chi connectivity index (χ2v) is 3.78. The SMILES string of the molecule is CCCC[C@@H](O)c1oc(=O)cc(OC)c1C. The zero-order chi connectivity index (χ0) is 12.1. The smallest absolute Gasteiger partial charge is 0.339 e. The lowest BCUT2D eigenvalue weighted by Crippen LogP contribution is -2.08. The molecule has 1 N–H and O–H groups in total. The highest BCUT2D eigenvalue weighted by Gasteiger charge is 2.17. The van der Waals surface area contributed by atoms with Gasteiger partial charge in [-0.2, -0.15) is 0 Å². The van der Waals surface area contributed by atoms with E-state index in [9.17, 15) is 9.90 Å². The minimum atomic E-state index is -0.734. The first-order valence-corrected chi connectivity index (χ1v) is 5.46. The number of unbranched alkanes of at least 4 members (excludes halogenated alkanes) is 1. The first-order valence-electron chi connectivity index (χ1n) is 5.46. The topological polar surface area (TPSA) is 59.7 Å². The summed E-state index contributed by atoms with van der Waals surface area (Å²) in [7, 11) is 1.49. The summed E-state index contributed by atoms with van der Waals surface area (Å²) in [6.07, 6.45) is 1.74. The maximum absolute atomic E-state index is 11.2. The van der Waals surface area contributed by atoms with Gasteiger partial charge in [0.15, 0.2) is 0 Å². The Bertz CT molecular complexity index is 394. The summed E-state index contributed by atoms with van der Waals surface area (Å²) in [5, 5.41) is 9.89. The van der Waals surface area contributed by atoms with E-state index in [1.807, 2.05) is 6.92 Å².